The van der Waals surface area contributed by atoms with Gasteiger partial charge in [0.2, 0.25) is 11.8 Å². The summed E-state index contributed by atoms with van der Waals surface area (Å²) < 4.78 is 10.9. The first-order valence-corrected chi connectivity index (χ1v) is 16.6. The van der Waals surface area contributed by atoms with Gasteiger partial charge in [-0.3, -0.25) is 9.59 Å². The summed E-state index contributed by atoms with van der Waals surface area (Å²) in [6.45, 7) is 9.97. The van der Waals surface area contributed by atoms with Crippen molar-refractivity contribution in [3.63, 3.8) is 0 Å². The molecule has 0 saturated carbocycles. The fourth-order valence-electron chi connectivity index (χ4n) is 4.64. The molecule has 3 aromatic rings. The van der Waals surface area contributed by atoms with E-state index in [0.717, 1.165) is 20.9 Å². The number of ether oxygens (including phenoxy) is 2. The summed E-state index contributed by atoms with van der Waals surface area (Å²) in [4.78, 5) is 55.1. The molecule has 2 aromatic carbocycles. The van der Waals surface area contributed by atoms with E-state index in [1.165, 1.54) is 29.2 Å². The quantitative estimate of drug-likeness (QED) is 0.134. The molecular weight excluding hydrogens is 611 g/mol. The molecule has 0 saturated heterocycles. The highest BCUT2D eigenvalue weighted by Gasteiger charge is 2.33. The molecular formula is C34H39N3O6S2. The fourth-order valence-corrected chi connectivity index (χ4v) is 6.91. The lowest BCUT2D eigenvalue weighted by atomic mass is 10.0. The molecule has 0 bridgehead atoms. The minimum atomic E-state index is -0.626. The van der Waals surface area contributed by atoms with Crippen LogP contribution in [0.15, 0.2) is 65.6 Å². The lowest BCUT2D eigenvalue weighted by Crippen LogP contribution is -2.39. The van der Waals surface area contributed by atoms with Crippen LogP contribution in [-0.2, 0) is 32.0 Å². The number of hydrogen-bond donors (Lipinski definition) is 2. The molecule has 1 aromatic heterocycles. The van der Waals surface area contributed by atoms with Gasteiger partial charge in [0.25, 0.3) is 0 Å². The maximum Gasteiger partial charge on any atom is 0.410 e. The Kier molecular flexibility index (Phi) is 11.5. The first-order valence-electron chi connectivity index (χ1n) is 14.9. The average molecular weight is 650 g/mol. The molecule has 0 aliphatic carbocycles. The zero-order valence-corrected chi connectivity index (χ0v) is 27.8. The van der Waals surface area contributed by atoms with Crippen LogP contribution < -0.4 is 10.6 Å². The smallest absolute Gasteiger partial charge is 0.410 e. The van der Waals surface area contributed by atoms with Gasteiger partial charge in [0.15, 0.2) is 0 Å². The van der Waals surface area contributed by atoms with Crippen molar-refractivity contribution in [3.8, 4) is 0 Å². The van der Waals surface area contributed by atoms with Gasteiger partial charge in [-0.15, -0.1) is 23.1 Å². The van der Waals surface area contributed by atoms with E-state index in [9.17, 15) is 19.2 Å². The molecule has 9 nitrogen and oxygen atoms in total. The van der Waals surface area contributed by atoms with Crippen LogP contribution in [-0.4, -0.2) is 52.8 Å². The van der Waals surface area contributed by atoms with E-state index in [4.69, 9.17) is 9.47 Å². The highest BCUT2D eigenvalue weighted by molar-refractivity contribution is 8.00. The van der Waals surface area contributed by atoms with Crippen LogP contribution in [0, 0.1) is 0 Å². The van der Waals surface area contributed by atoms with Crippen LogP contribution in [0.2, 0.25) is 0 Å². The van der Waals surface area contributed by atoms with Crippen LogP contribution >= 0.6 is 23.1 Å². The van der Waals surface area contributed by atoms with Crippen LogP contribution in [0.5, 0.6) is 0 Å². The molecule has 2 heterocycles. The first kappa shape index (κ1) is 33.8. The van der Waals surface area contributed by atoms with Crippen molar-refractivity contribution < 1.29 is 28.7 Å². The number of amides is 3. The zero-order chi connectivity index (χ0) is 32.6. The molecule has 2 N–H and O–H groups in total. The number of thioether (sulfide) groups is 1. The summed E-state index contributed by atoms with van der Waals surface area (Å²) in [5.41, 5.74) is 2.05. The maximum atomic E-state index is 13.6. The summed E-state index contributed by atoms with van der Waals surface area (Å²) in [6, 6.07) is 16.9. The largest absolute Gasteiger partial charge is 0.462 e. The van der Waals surface area contributed by atoms with Crippen LogP contribution in [0.4, 0.5) is 15.5 Å². The van der Waals surface area contributed by atoms with Gasteiger partial charge in [-0.1, -0.05) is 43.3 Å². The Labute approximate surface area is 272 Å². The lowest BCUT2D eigenvalue weighted by Gasteiger charge is -2.30. The van der Waals surface area contributed by atoms with Crippen molar-refractivity contribution in [2.45, 2.75) is 69.8 Å². The van der Waals surface area contributed by atoms with E-state index in [0.29, 0.717) is 35.6 Å². The molecule has 238 valence electrons. The number of carbonyl (C=O) groups is 4. The molecule has 1 unspecified atom stereocenters. The number of benzene rings is 2. The maximum absolute atomic E-state index is 13.6. The molecule has 1 atom stereocenters. The Morgan fingerprint density at radius 2 is 1.80 bits per heavy atom. The van der Waals surface area contributed by atoms with E-state index in [1.807, 2.05) is 76.2 Å². The molecule has 45 heavy (non-hydrogen) atoms. The Hall–Kier alpha value is -4.09. The zero-order valence-electron chi connectivity index (χ0n) is 26.2. The van der Waals surface area contributed by atoms with E-state index < -0.39 is 22.9 Å². The van der Waals surface area contributed by atoms with Crippen molar-refractivity contribution >= 4 is 63.7 Å². The standard InChI is InChI=1S/C34H39N3O6S2/c1-6-26(44-24-15-11-14-23(20-24)35-28(38)17-16-22-12-9-8-10-13-22)30(39)36-31-29(32(40)42-7-2)25-18-19-37(21-27(25)45-31)33(41)43-34(3,4)5/h8-17,20,26H,6-7,18-19,21H2,1-5H3,(H,35,38)(H,36,39)/b17-16+. The summed E-state index contributed by atoms with van der Waals surface area (Å²) in [5.74, 6) is -1.01. The SMILES string of the molecule is CCOC(=O)c1c(NC(=O)C(CC)Sc2cccc(NC(=O)/C=C/c3ccccc3)c2)sc2c1CCN(C(=O)OC(C)(C)C)C2. The topological polar surface area (TPSA) is 114 Å². The summed E-state index contributed by atoms with van der Waals surface area (Å²) in [6.07, 6.45) is 3.77. The molecule has 1 aliphatic heterocycles. The molecule has 4 rings (SSSR count). The van der Waals surface area contributed by atoms with Gasteiger partial charge in [0, 0.05) is 28.1 Å². The van der Waals surface area contributed by atoms with Crippen molar-refractivity contribution in [2.24, 2.45) is 0 Å². The third-order valence-electron chi connectivity index (χ3n) is 6.69. The molecule has 11 heteroatoms. The Morgan fingerprint density at radius 1 is 1.04 bits per heavy atom. The number of esters is 1. The second-order valence-corrected chi connectivity index (χ2v) is 13.7. The normalized spacial score (nSPS) is 13.6. The number of nitrogens with one attached hydrogen (secondary N) is 2. The Morgan fingerprint density at radius 3 is 2.49 bits per heavy atom. The predicted octanol–water partition coefficient (Wildman–Crippen LogP) is 7.38. The highest BCUT2D eigenvalue weighted by atomic mass is 32.2. The van der Waals surface area contributed by atoms with Gasteiger partial charge < -0.3 is 25.0 Å². The van der Waals surface area contributed by atoms with Gasteiger partial charge >= 0.3 is 12.1 Å². The molecule has 0 radical (unpaired) electrons. The van der Waals surface area contributed by atoms with E-state index in [1.54, 1.807) is 24.0 Å². The summed E-state index contributed by atoms with van der Waals surface area (Å²) >= 11 is 2.66. The monoisotopic (exact) mass is 649 g/mol. The third-order valence-corrected chi connectivity index (χ3v) is 9.18. The predicted molar refractivity (Wildman–Crippen MR) is 180 cm³/mol. The van der Waals surface area contributed by atoms with E-state index >= 15 is 0 Å². The van der Waals surface area contributed by atoms with Gasteiger partial charge in [-0.25, -0.2) is 9.59 Å². The molecule has 0 fully saturated rings. The fraction of sp³-hybridized carbons (Fsp3) is 0.353. The average Bonchev–Trinajstić information content (AvgIpc) is 3.35. The van der Waals surface area contributed by atoms with Crippen molar-refractivity contribution in [1.29, 1.82) is 0 Å². The number of fused-ring (bicyclic) bond motifs is 1. The summed E-state index contributed by atoms with van der Waals surface area (Å²) in [5, 5.41) is 5.80. The van der Waals surface area contributed by atoms with Crippen LogP contribution in [0.25, 0.3) is 6.08 Å². The van der Waals surface area contributed by atoms with Crippen LogP contribution in [0.3, 0.4) is 0 Å². The summed E-state index contributed by atoms with van der Waals surface area (Å²) in [7, 11) is 0. The third kappa shape index (κ3) is 9.45. The molecule has 0 spiro atoms. The first-order chi connectivity index (χ1) is 21.5. The number of rotatable bonds is 10. The second-order valence-electron chi connectivity index (χ2n) is 11.3. The minimum absolute atomic E-state index is 0.198. The number of carbonyl (C=O) groups excluding carboxylic acids is 4. The van der Waals surface area contributed by atoms with E-state index in [-0.39, 0.29) is 25.0 Å². The Balaban J connectivity index is 1.46. The second kappa shape index (κ2) is 15.3. The minimum Gasteiger partial charge on any atom is -0.462 e. The number of thiophene rings is 1. The van der Waals surface area contributed by atoms with Gasteiger partial charge in [-0.05, 0) is 75.9 Å². The van der Waals surface area contributed by atoms with Gasteiger partial charge in [0.05, 0.1) is 24.0 Å². The molecule has 3 amide bonds. The number of anilines is 2. The number of hydrogen-bond acceptors (Lipinski definition) is 8. The van der Waals surface area contributed by atoms with Crippen molar-refractivity contribution in [3.05, 3.63) is 82.2 Å². The van der Waals surface area contributed by atoms with Gasteiger partial charge in [-0.2, -0.15) is 0 Å². The lowest BCUT2D eigenvalue weighted by molar-refractivity contribution is -0.115. The van der Waals surface area contributed by atoms with Crippen molar-refractivity contribution in [2.75, 3.05) is 23.8 Å². The van der Waals surface area contributed by atoms with Gasteiger partial charge in [0.1, 0.15) is 10.6 Å². The van der Waals surface area contributed by atoms with E-state index in [2.05, 4.69) is 10.6 Å². The highest BCUT2D eigenvalue weighted by Crippen LogP contribution is 2.39. The van der Waals surface area contributed by atoms with Crippen LogP contribution in [0.1, 0.15) is 67.4 Å². The van der Waals surface area contributed by atoms with Crippen molar-refractivity contribution in [1.82, 2.24) is 4.90 Å². The number of nitrogens with zero attached hydrogens (tertiary/aromatic N) is 1. The molecule has 1 aliphatic rings. The Bertz CT molecular complexity index is 1560.